The minimum absolute atomic E-state index is 0.229. The SMILES string of the molecule is CCCCCCOc1ccc(/C=C2\SC(=S)N(CC(=O)[O-])C2=O)cc1. The molecule has 1 aromatic carbocycles. The van der Waals surface area contributed by atoms with Crippen LogP contribution in [0.25, 0.3) is 6.08 Å². The molecule has 25 heavy (non-hydrogen) atoms. The zero-order valence-corrected chi connectivity index (χ0v) is 15.7. The number of aliphatic carboxylic acids is 1. The third-order valence-corrected chi connectivity index (χ3v) is 4.98. The Morgan fingerprint density at radius 1 is 1.28 bits per heavy atom. The highest BCUT2D eigenvalue weighted by Crippen LogP contribution is 2.32. The normalized spacial score (nSPS) is 15.9. The molecule has 0 spiro atoms. The quantitative estimate of drug-likeness (QED) is 0.374. The molecule has 0 radical (unpaired) electrons. The fourth-order valence-corrected chi connectivity index (χ4v) is 3.55. The van der Waals surface area contributed by atoms with Crippen LogP contribution in [0.1, 0.15) is 38.2 Å². The molecular weight excluding hydrogens is 358 g/mol. The van der Waals surface area contributed by atoms with Gasteiger partial charge in [0.1, 0.15) is 10.1 Å². The van der Waals surface area contributed by atoms with Crippen molar-refractivity contribution in [2.24, 2.45) is 0 Å². The molecule has 0 saturated carbocycles. The van der Waals surface area contributed by atoms with E-state index < -0.39 is 18.4 Å². The first kappa shape index (κ1) is 19.5. The summed E-state index contributed by atoms with van der Waals surface area (Å²) in [4.78, 5) is 24.3. The lowest BCUT2D eigenvalue weighted by atomic mass is 10.2. The molecule has 0 atom stereocenters. The number of nitrogens with zero attached hydrogens (tertiary/aromatic N) is 1. The first-order valence-electron chi connectivity index (χ1n) is 8.19. The van der Waals surface area contributed by atoms with Gasteiger partial charge in [0.05, 0.1) is 24.0 Å². The van der Waals surface area contributed by atoms with Crippen molar-refractivity contribution in [3.8, 4) is 5.75 Å². The van der Waals surface area contributed by atoms with E-state index in [2.05, 4.69) is 6.92 Å². The molecule has 7 heteroatoms. The van der Waals surface area contributed by atoms with Crippen LogP contribution in [0.4, 0.5) is 0 Å². The molecule has 1 heterocycles. The predicted octanol–water partition coefficient (Wildman–Crippen LogP) is 2.60. The van der Waals surface area contributed by atoms with Gasteiger partial charge in [0.2, 0.25) is 0 Å². The number of carbonyl (C=O) groups is 2. The van der Waals surface area contributed by atoms with Crippen molar-refractivity contribution in [2.45, 2.75) is 32.6 Å². The van der Waals surface area contributed by atoms with E-state index in [1.807, 2.05) is 24.3 Å². The highest BCUT2D eigenvalue weighted by molar-refractivity contribution is 8.26. The van der Waals surface area contributed by atoms with Crippen LogP contribution in [-0.2, 0) is 9.59 Å². The maximum atomic E-state index is 12.2. The van der Waals surface area contributed by atoms with Gasteiger partial charge in [-0.25, -0.2) is 0 Å². The van der Waals surface area contributed by atoms with Crippen LogP contribution >= 0.6 is 24.0 Å². The Balaban J connectivity index is 1.94. The number of amides is 1. The summed E-state index contributed by atoms with van der Waals surface area (Å²) in [5, 5.41) is 10.7. The van der Waals surface area contributed by atoms with Gasteiger partial charge in [0.15, 0.2) is 0 Å². The maximum Gasteiger partial charge on any atom is 0.266 e. The van der Waals surface area contributed by atoms with Crippen molar-refractivity contribution in [2.75, 3.05) is 13.2 Å². The third-order valence-electron chi connectivity index (χ3n) is 3.61. The lowest BCUT2D eigenvalue weighted by Crippen LogP contribution is -2.40. The van der Waals surface area contributed by atoms with E-state index in [4.69, 9.17) is 17.0 Å². The summed E-state index contributed by atoms with van der Waals surface area (Å²) in [5.74, 6) is -0.952. The van der Waals surface area contributed by atoms with Crippen LogP contribution in [0.2, 0.25) is 0 Å². The Hall–Kier alpha value is -1.86. The number of benzene rings is 1. The molecule has 2 rings (SSSR count). The van der Waals surface area contributed by atoms with E-state index in [1.54, 1.807) is 6.08 Å². The fourth-order valence-electron chi connectivity index (χ4n) is 2.30. The van der Waals surface area contributed by atoms with Gasteiger partial charge in [-0.05, 0) is 30.2 Å². The molecule has 0 aromatic heterocycles. The molecule has 1 fully saturated rings. The van der Waals surface area contributed by atoms with E-state index in [0.717, 1.165) is 34.4 Å². The predicted molar refractivity (Wildman–Crippen MR) is 101 cm³/mol. The summed E-state index contributed by atoms with van der Waals surface area (Å²) in [6.07, 6.45) is 6.32. The average molecular weight is 378 g/mol. The fraction of sp³-hybridized carbons (Fsp3) is 0.389. The summed E-state index contributed by atoms with van der Waals surface area (Å²) in [5.41, 5.74) is 0.826. The number of carbonyl (C=O) groups excluding carboxylic acids is 2. The van der Waals surface area contributed by atoms with Crippen LogP contribution in [0.5, 0.6) is 5.75 Å². The zero-order chi connectivity index (χ0) is 18.2. The average Bonchev–Trinajstić information content (AvgIpc) is 2.83. The number of ether oxygens (including phenoxy) is 1. The Morgan fingerprint density at radius 2 is 2.00 bits per heavy atom. The van der Waals surface area contributed by atoms with Gasteiger partial charge in [-0.3, -0.25) is 9.69 Å². The minimum atomic E-state index is -1.34. The summed E-state index contributed by atoms with van der Waals surface area (Å²) in [7, 11) is 0. The molecule has 0 N–H and O–H groups in total. The van der Waals surface area contributed by atoms with Gasteiger partial charge in [-0.1, -0.05) is 62.3 Å². The van der Waals surface area contributed by atoms with Crippen molar-refractivity contribution in [3.63, 3.8) is 0 Å². The van der Waals surface area contributed by atoms with E-state index in [9.17, 15) is 14.7 Å². The highest BCUT2D eigenvalue weighted by atomic mass is 32.2. The Labute approximate surface area is 157 Å². The van der Waals surface area contributed by atoms with Crippen molar-refractivity contribution in [1.29, 1.82) is 0 Å². The van der Waals surface area contributed by atoms with Gasteiger partial charge < -0.3 is 14.6 Å². The van der Waals surface area contributed by atoms with Crippen LogP contribution in [0.3, 0.4) is 0 Å². The third kappa shape index (κ3) is 5.86. The Bertz CT molecular complexity index is 670. The van der Waals surface area contributed by atoms with Crippen LogP contribution in [-0.4, -0.2) is 34.2 Å². The lowest BCUT2D eigenvalue weighted by Gasteiger charge is -2.14. The molecule has 134 valence electrons. The smallest absolute Gasteiger partial charge is 0.266 e. The van der Waals surface area contributed by atoms with Crippen LogP contribution in [0.15, 0.2) is 29.2 Å². The maximum absolute atomic E-state index is 12.2. The highest BCUT2D eigenvalue weighted by Gasteiger charge is 2.31. The second-order valence-electron chi connectivity index (χ2n) is 5.62. The second kappa shape index (κ2) is 9.58. The molecule has 1 saturated heterocycles. The minimum Gasteiger partial charge on any atom is -0.548 e. The number of hydrogen-bond donors (Lipinski definition) is 0. The van der Waals surface area contributed by atoms with E-state index >= 15 is 0 Å². The van der Waals surface area contributed by atoms with Gasteiger partial charge >= 0.3 is 0 Å². The summed E-state index contributed by atoms with van der Waals surface area (Å²) < 4.78 is 5.91. The molecule has 5 nitrogen and oxygen atoms in total. The summed E-state index contributed by atoms with van der Waals surface area (Å²) in [6.45, 7) is 2.35. The summed E-state index contributed by atoms with van der Waals surface area (Å²) >= 11 is 6.13. The zero-order valence-electron chi connectivity index (χ0n) is 14.0. The molecule has 0 unspecified atom stereocenters. The molecule has 0 bridgehead atoms. The Morgan fingerprint density at radius 3 is 2.64 bits per heavy atom. The topological polar surface area (TPSA) is 69.7 Å². The van der Waals surface area contributed by atoms with Crippen LogP contribution in [0, 0.1) is 0 Å². The number of thiocarbonyl (C=S) groups is 1. The van der Waals surface area contributed by atoms with Gasteiger partial charge in [0, 0.05) is 0 Å². The van der Waals surface area contributed by atoms with Gasteiger partial charge in [-0.2, -0.15) is 0 Å². The first-order chi connectivity index (χ1) is 12.0. The second-order valence-corrected chi connectivity index (χ2v) is 7.29. The van der Waals surface area contributed by atoms with E-state index in [-0.39, 0.29) is 4.32 Å². The molecule has 0 aliphatic carbocycles. The van der Waals surface area contributed by atoms with Crippen molar-refractivity contribution < 1.29 is 19.4 Å². The van der Waals surface area contributed by atoms with Crippen LogP contribution < -0.4 is 9.84 Å². The number of rotatable bonds is 9. The largest absolute Gasteiger partial charge is 0.548 e. The number of carboxylic acids is 1. The monoisotopic (exact) mass is 378 g/mol. The van der Waals surface area contributed by atoms with Gasteiger partial charge in [-0.15, -0.1) is 0 Å². The van der Waals surface area contributed by atoms with E-state index in [0.29, 0.717) is 11.5 Å². The Kier molecular flexibility index (Phi) is 7.46. The van der Waals surface area contributed by atoms with Gasteiger partial charge in [0.25, 0.3) is 5.91 Å². The molecule has 1 amide bonds. The number of hydrogen-bond acceptors (Lipinski definition) is 6. The van der Waals surface area contributed by atoms with Crippen molar-refractivity contribution >= 4 is 46.3 Å². The molecule has 1 aliphatic heterocycles. The van der Waals surface area contributed by atoms with E-state index in [1.165, 1.54) is 19.3 Å². The van der Waals surface area contributed by atoms with Crippen molar-refractivity contribution in [3.05, 3.63) is 34.7 Å². The van der Waals surface area contributed by atoms with Crippen molar-refractivity contribution in [1.82, 2.24) is 4.90 Å². The molecular formula is C18H20NO4S2-. The lowest BCUT2D eigenvalue weighted by molar-refractivity contribution is -0.305. The number of thioether (sulfide) groups is 1. The first-order valence-corrected chi connectivity index (χ1v) is 9.42. The number of unbranched alkanes of at least 4 members (excludes halogenated alkanes) is 3. The molecule has 1 aromatic rings. The number of carboxylic acid groups (broad SMARTS) is 1. The summed E-state index contributed by atoms with van der Waals surface area (Å²) in [6, 6.07) is 7.42. The standard InChI is InChI=1S/C18H21NO4S2/c1-2-3-4-5-10-23-14-8-6-13(7-9-14)11-15-17(22)19(12-16(20)21)18(24)25-15/h6-9,11H,2-5,10,12H2,1H3,(H,20,21)/p-1/b15-11-. The molecule has 1 aliphatic rings.